The molecule has 2 rings (SSSR count). The number of aliphatic hydroxyl groups excluding tert-OH is 1. The fourth-order valence-electron chi connectivity index (χ4n) is 2.57. The van der Waals surface area contributed by atoms with Crippen LogP contribution in [0.25, 0.3) is 0 Å². The lowest BCUT2D eigenvalue weighted by Crippen LogP contribution is -2.54. The Hall–Kier alpha value is -2.70. The van der Waals surface area contributed by atoms with Crippen molar-refractivity contribution < 1.29 is 24.4 Å². The Morgan fingerprint density at radius 3 is 2.71 bits per heavy atom. The van der Waals surface area contributed by atoms with Gasteiger partial charge in [0.05, 0.1) is 17.6 Å². The van der Waals surface area contributed by atoms with Gasteiger partial charge in [0.1, 0.15) is 12.1 Å². The number of fused-ring (bicyclic) bond motifs is 2. The molecule has 3 amide bonds. The number of benzene rings is 1. The van der Waals surface area contributed by atoms with Gasteiger partial charge in [0.15, 0.2) is 0 Å². The fraction of sp³-hybridized carbons (Fsp3) is 0.438. The molecule has 0 saturated carbocycles. The molecule has 0 aliphatic carbocycles. The number of nitrogens with one attached hydrogen (secondary N) is 3. The molecule has 0 saturated heterocycles. The van der Waals surface area contributed by atoms with Crippen molar-refractivity contribution in [3.05, 3.63) is 33.9 Å². The predicted octanol–water partition coefficient (Wildman–Crippen LogP) is -1.37. The number of aliphatic hydroxyl groups is 1. The van der Waals surface area contributed by atoms with Crippen molar-refractivity contribution in [1.29, 1.82) is 0 Å². The Morgan fingerprint density at radius 2 is 2.11 bits per heavy atom. The average molecular weight is 411 g/mol. The largest absolute Gasteiger partial charge is 0.391 e. The summed E-state index contributed by atoms with van der Waals surface area (Å²) in [4.78, 5) is 47.2. The van der Waals surface area contributed by atoms with Gasteiger partial charge in [-0.1, -0.05) is 0 Å². The first-order chi connectivity index (χ1) is 13.2. The second kappa shape index (κ2) is 9.48. The van der Waals surface area contributed by atoms with Gasteiger partial charge >= 0.3 is 0 Å². The number of nitrogens with two attached hydrogens (primary N) is 1. The Balaban J connectivity index is 2.38. The van der Waals surface area contributed by atoms with Crippen LogP contribution in [0.5, 0.6) is 0 Å². The second-order valence-electron chi connectivity index (χ2n) is 6.20. The quantitative estimate of drug-likeness (QED) is 0.299. The van der Waals surface area contributed by atoms with E-state index in [1.54, 1.807) is 6.07 Å². The zero-order valence-corrected chi connectivity index (χ0v) is 15.8. The highest BCUT2D eigenvalue weighted by Crippen LogP contribution is 2.27. The molecule has 12 heteroatoms. The van der Waals surface area contributed by atoms with Crippen molar-refractivity contribution in [2.75, 3.05) is 12.3 Å². The Morgan fingerprint density at radius 1 is 1.39 bits per heavy atom. The topological polar surface area (TPSA) is 177 Å². The van der Waals surface area contributed by atoms with E-state index in [9.17, 15) is 29.6 Å². The molecule has 2 unspecified atom stereocenters. The van der Waals surface area contributed by atoms with E-state index in [4.69, 9.17) is 5.73 Å². The molecule has 2 bridgehead atoms. The van der Waals surface area contributed by atoms with Crippen molar-refractivity contribution in [3.63, 3.8) is 0 Å². The number of nitrogens with zero attached hydrogens (tertiary/aromatic N) is 1. The molecule has 1 heterocycles. The maximum atomic E-state index is 12.3. The summed E-state index contributed by atoms with van der Waals surface area (Å²) in [6, 6.07) is 2.32. The summed E-state index contributed by atoms with van der Waals surface area (Å²) in [6.45, 7) is 0.910. The number of primary amides is 1. The number of nitro groups is 1. The summed E-state index contributed by atoms with van der Waals surface area (Å²) in [5, 5.41) is 28.7. The van der Waals surface area contributed by atoms with E-state index in [0.29, 0.717) is 10.5 Å². The monoisotopic (exact) mass is 411 g/mol. The van der Waals surface area contributed by atoms with E-state index in [-0.39, 0.29) is 18.0 Å². The molecule has 1 aromatic carbocycles. The van der Waals surface area contributed by atoms with Crippen LogP contribution in [0.3, 0.4) is 0 Å². The molecule has 152 valence electrons. The summed E-state index contributed by atoms with van der Waals surface area (Å²) in [7, 11) is 0. The SMILES string of the molecule is CC(O)C1NCc2cc(ccc2[N+](=O)[O-])SC[C@@H](C(N)=O)NC(=O)CNC1=O. The number of carbonyl (C=O) groups excluding carboxylic acids is 3. The number of carbonyl (C=O) groups is 3. The third-order valence-electron chi connectivity index (χ3n) is 4.04. The standard InChI is InChI=1S/C16H21N5O6S/c1-8(22)14-16(25)19-6-13(23)20-11(15(17)24)7-28-10-2-3-12(21(26)27)9(4-10)5-18-14/h2-4,8,11,14,18,22H,5-7H2,1H3,(H2,17,24)(H,19,25)(H,20,23)/t8?,11-,14?/m0/s1. The first-order valence-corrected chi connectivity index (χ1v) is 9.35. The first kappa shape index (κ1) is 21.6. The minimum atomic E-state index is -1.12. The molecule has 1 aliphatic heterocycles. The molecule has 0 aromatic heterocycles. The van der Waals surface area contributed by atoms with Crippen LogP contribution in [0.1, 0.15) is 12.5 Å². The Kier molecular flexibility index (Phi) is 7.31. The molecular formula is C16H21N5O6S. The van der Waals surface area contributed by atoms with E-state index in [2.05, 4.69) is 16.0 Å². The van der Waals surface area contributed by atoms with Gasteiger partial charge < -0.3 is 21.5 Å². The second-order valence-corrected chi connectivity index (χ2v) is 7.29. The van der Waals surface area contributed by atoms with Crippen LogP contribution in [0.4, 0.5) is 5.69 Å². The van der Waals surface area contributed by atoms with E-state index in [1.165, 1.54) is 30.8 Å². The van der Waals surface area contributed by atoms with Crippen molar-refractivity contribution in [1.82, 2.24) is 16.0 Å². The summed E-state index contributed by atoms with van der Waals surface area (Å²) in [6.07, 6.45) is -1.12. The third-order valence-corrected chi connectivity index (χ3v) is 5.13. The maximum Gasteiger partial charge on any atom is 0.273 e. The predicted molar refractivity (Wildman–Crippen MR) is 100 cm³/mol. The minimum absolute atomic E-state index is 0.0564. The van der Waals surface area contributed by atoms with E-state index >= 15 is 0 Å². The molecule has 1 aliphatic rings. The number of hydrogen-bond acceptors (Lipinski definition) is 8. The van der Waals surface area contributed by atoms with Crippen LogP contribution in [-0.2, 0) is 20.9 Å². The number of amides is 3. The summed E-state index contributed by atoms with van der Waals surface area (Å²) in [5.74, 6) is -1.89. The van der Waals surface area contributed by atoms with E-state index < -0.39 is 47.4 Å². The smallest absolute Gasteiger partial charge is 0.273 e. The molecule has 1 aromatic rings. The average Bonchev–Trinajstić information content (AvgIpc) is 2.62. The molecule has 11 nitrogen and oxygen atoms in total. The fourth-order valence-corrected chi connectivity index (χ4v) is 3.57. The first-order valence-electron chi connectivity index (χ1n) is 8.37. The van der Waals surface area contributed by atoms with Crippen LogP contribution in [0.15, 0.2) is 23.1 Å². The number of nitro benzene ring substituents is 1. The van der Waals surface area contributed by atoms with E-state index in [1.807, 2.05) is 0 Å². The molecule has 6 N–H and O–H groups in total. The van der Waals surface area contributed by atoms with Gasteiger partial charge in [-0.2, -0.15) is 0 Å². The number of thioether (sulfide) groups is 1. The summed E-state index contributed by atoms with van der Waals surface area (Å²) in [5.41, 5.74) is 5.48. The number of hydrogen-bond donors (Lipinski definition) is 5. The lowest BCUT2D eigenvalue weighted by molar-refractivity contribution is -0.385. The third kappa shape index (κ3) is 5.65. The zero-order valence-electron chi connectivity index (χ0n) is 15.0. The molecule has 0 fully saturated rings. The lowest BCUT2D eigenvalue weighted by atomic mass is 10.1. The van der Waals surface area contributed by atoms with Gasteiger partial charge in [-0.25, -0.2) is 0 Å². The van der Waals surface area contributed by atoms with Gasteiger partial charge in [-0.15, -0.1) is 11.8 Å². The Bertz CT molecular complexity index is 787. The van der Waals surface area contributed by atoms with Crippen LogP contribution < -0.4 is 21.7 Å². The van der Waals surface area contributed by atoms with Crippen molar-refractivity contribution in [2.24, 2.45) is 5.73 Å². The molecule has 3 atom stereocenters. The summed E-state index contributed by atoms with van der Waals surface area (Å²) >= 11 is 1.20. The number of rotatable bonds is 3. The minimum Gasteiger partial charge on any atom is -0.391 e. The summed E-state index contributed by atoms with van der Waals surface area (Å²) < 4.78 is 0. The van der Waals surface area contributed by atoms with Gasteiger partial charge in [-0.3, -0.25) is 29.8 Å². The lowest BCUT2D eigenvalue weighted by Gasteiger charge is -2.22. The highest BCUT2D eigenvalue weighted by Gasteiger charge is 2.26. The molecule has 0 radical (unpaired) electrons. The van der Waals surface area contributed by atoms with Crippen molar-refractivity contribution in [3.8, 4) is 0 Å². The van der Waals surface area contributed by atoms with Crippen molar-refractivity contribution in [2.45, 2.75) is 36.6 Å². The highest BCUT2D eigenvalue weighted by molar-refractivity contribution is 7.99. The van der Waals surface area contributed by atoms with Gasteiger partial charge in [-0.05, 0) is 19.1 Å². The van der Waals surface area contributed by atoms with E-state index in [0.717, 1.165) is 0 Å². The normalized spacial score (nSPS) is 22.4. The van der Waals surface area contributed by atoms with Gasteiger partial charge in [0, 0.05) is 28.8 Å². The Labute approximate surface area is 164 Å². The van der Waals surface area contributed by atoms with Gasteiger partial charge in [0.25, 0.3) is 5.69 Å². The zero-order chi connectivity index (χ0) is 20.8. The van der Waals surface area contributed by atoms with Gasteiger partial charge in [0.2, 0.25) is 17.7 Å². The van der Waals surface area contributed by atoms with Crippen molar-refractivity contribution >= 4 is 35.2 Å². The highest BCUT2D eigenvalue weighted by atomic mass is 32.2. The molecule has 0 spiro atoms. The molecule has 28 heavy (non-hydrogen) atoms. The molecular weight excluding hydrogens is 390 g/mol. The van der Waals surface area contributed by atoms with Crippen LogP contribution >= 0.6 is 11.8 Å². The van der Waals surface area contributed by atoms with Crippen LogP contribution in [0, 0.1) is 10.1 Å². The van der Waals surface area contributed by atoms with Crippen LogP contribution in [-0.4, -0.2) is 58.2 Å². The van der Waals surface area contributed by atoms with Crippen LogP contribution in [0.2, 0.25) is 0 Å². The maximum absolute atomic E-state index is 12.3.